The van der Waals surface area contributed by atoms with Crippen molar-refractivity contribution in [2.75, 3.05) is 13.1 Å². The standard InChI is InChI=1S/C42H38Cl2FN9O/c1-22-29-19-34(33-18-27(21-52(33)42(55)24-12-13-24)54-50-35(49-51-54)15-23-7-3-2-4-8-23)53(40-26-17-32(40)47-20-26)41(29)30-16-25(9-6-14-46)36(38(45)39(30)48-22)28-10-5-11-31(43)37(28)44/h2-5,7-8,10-11,16,19,24,26-27,32-33,40,47H,6,9,12-13,15,17-18,20-21H2,1H3/t26-,27+,32-,33-,40+/m1/s1. The number of rotatable bonds is 9. The van der Waals surface area contributed by atoms with Gasteiger partial charge in [0.25, 0.3) is 0 Å². The van der Waals surface area contributed by atoms with Crippen molar-refractivity contribution in [3.8, 4) is 17.2 Å². The first-order valence-electron chi connectivity index (χ1n) is 19.1. The van der Waals surface area contributed by atoms with E-state index in [9.17, 15) is 10.1 Å². The van der Waals surface area contributed by atoms with E-state index in [1.807, 2.05) is 36.1 Å². The van der Waals surface area contributed by atoms with Crippen LogP contribution in [-0.2, 0) is 17.6 Å². The summed E-state index contributed by atoms with van der Waals surface area (Å²) in [6, 6.07) is 21.7. The van der Waals surface area contributed by atoms with Crippen molar-refractivity contribution in [3.05, 3.63) is 105 Å². The summed E-state index contributed by atoms with van der Waals surface area (Å²) in [5, 5.41) is 29.3. The Balaban J connectivity index is 1.15. The number of tetrazole rings is 1. The van der Waals surface area contributed by atoms with Gasteiger partial charge in [-0.3, -0.25) is 4.79 Å². The number of amides is 1. The summed E-state index contributed by atoms with van der Waals surface area (Å²) in [4.78, 5) is 22.8. The number of benzene rings is 3. The van der Waals surface area contributed by atoms with Gasteiger partial charge in [-0.1, -0.05) is 65.7 Å². The number of aryl methyl sites for hydroxylation is 2. The van der Waals surface area contributed by atoms with Crippen molar-refractivity contribution in [3.63, 3.8) is 0 Å². The number of hydrogen-bond acceptors (Lipinski definition) is 7. The number of halogens is 3. The fourth-order valence-corrected chi connectivity index (χ4v) is 9.82. The van der Waals surface area contributed by atoms with E-state index in [1.165, 1.54) is 0 Å². The number of likely N-dealkylation sites (tertiary alicyclic amines) is 1. The highest BCUT2D eigenvalue weighted by atomic mass is 35.5. The Hall–Kier alpha value is -4.89. The molecule has 0 spiro atoms. The Morgan fingerprint density at radius 3 is 2.65 bits per heavy atom. The average Bonchev–Trinajstić information content (AvgIpc) is 3.66. The lowest BCUT2D eigenvalue weighted by atomic mass is 9.79. The van der Waals surface area contributed by atoms with Gasteiger partial charge in [0.2, 0.25) is 5.91 Å². The van der Waals surface area contributed by atoms with E-state index in [-0.39, 0.29) is 53.0 Å². The molecule has 2 bridgehead atoms. The van der Waals surface area contributed by atoms with E-state index in [1.54, 1.807) is 23.0 Å². The fourth-order valence-electron chi connectivity index (χ4n) is 9.43. The summed E-state index contributed by atoms with van der Waals surface area (Å²) in [6.07, 6.45) is 4.58. The zero-order chi connectivity index (χ0) is 37.5. The monoisotopic (exact) mass is 773 g/mol. The molecule has 0 unspecified atom stereocenters. The van der Waals surface area contributed by atoms with Gasteiger partial charge >= 0.3 is 0 Å². The molecule has 1 N–H and O–H groups in total. The van der Waals surface area contributed by atoms with Crippen LogP contribution in [0.5, 0.6) is 0 Å². The molecule has 3 aliphatic heterocycles. The number of carbonyl (C=O) groups excluding carboxylic acids is 1. The Morgan fingerprint density at radius 2 is 1.91 bits per heavy atom. The summed E-state index contributed by atoms with van der Waals surface area (Å²) >= 11 is 13.1. The molecule has 13 heteroatoms. The van der Waals surface area contributed by atoms with Crippen molar-refractivity contribution >= 4 is 50.9 Å². The zero-order valence-corrected chi connectivity index (χ0v) is 31.7. The van der Waals surface area contributed by atoms with E-state index in [2.05, 4.69) is 44.5 Å². The van der Waals surface area contributed by atoms with Crippen LogP contribution in [0.4, 0.5) is 4.39 Å². The number of hydrogen-bond donors (Lipinski definition) is 1. The van der Waals surface area contributed by atoms with Crippen LogP contribution >= 0.6 is 23.2 Å². The Labute approximate surface area is 327 Å². The predicted molar refractivity (Wildman–Crippen MR) is 208 cm³/mol. The van der Waals surface area contributed by atoms with E-state index < -0.39 is 5.82 Å². The second kappa shape index (κ2) is 13.4. The number of pyridine rings is 1. The minimum atomic E-state index is -0.487. The molecule has 6 aromatic rings. The molecule has 5 atom stereocenters. The summed E-state index contributed by atoms with van der Waals surface area (Å²) in [6.45, 7) is 3.31. The third kappa shape index (κ3) is 5.71. The van der Waals surface area contributed by atoms with Crippen molar-refractivity contribution in [1.29, 1.82) is 5.26 Å². The molecule has 3 saturated heterocycles. The van der Waals surface area contributed by atoms with E-state index >= 15 is 4.39 Å². The normalized spacial score (nSPS) is 23.1. The molecule has 6 heterocycles. The average molecular weight is 775 g/mol. The topological polar surface area (TPSA) is 118 Å². The van der Waals surface area contributed by atoms with Gasteiger partial charge in [0, 0.05) is 71.2 Å². The van der Waals surface area contributed by atoms with Gasteiger partial charge in [-0.25, -0.2) is 9.37 Å². The Morgan fingerprint density at radius 1 is 1.07 bits per heavy atom. The molecule has 0 radical (unpaired) electrons. The van der Waals surface area contributed by atoms with Crippen LogP contribution in [0.15, 0.2) is 60.7 Å². The summed E-state index contributed by atoms with van der Waals surface area (Å²) in [7, 11) is 0. The second-order valence-corrected chi connectivity index (χ2v) is 16.4. The third-order valence-corrected chi connectivity index (χ3v) is 13.1. The van der Waals surface area contributed by atoms with Crippen molar-refractivity contribution in [2.45, 2.75) is 76.0 Å². The summed E-state index contributed by atoms with van der Waals surface area (Å²) < 4.78 is 19.7. The predicted octanol–water partition coefficient (Wildman–Crippen LogP) is 8.10. The summed E-state index contributed by atoms with van der Waals surface area (Å²) in [5.41, 5.74) is 5.45. The molecule has 2 saturated carbocycles. The van der Waals surface area contributed by atoms with Gasteiger partial charge in [-0.05, 0) is 79.5 Å². The zero-order valence-electron chi connectivity index (χ0n) is 30.2. The van der Waals surface area contributed by atoms with Crippen LogP contribution < -0.4 is 5.32 Å². The van der Waals surface area contributed by atoms with Crippen LogP contribution in [0.1, 0.15) is 78.6 Å². The van der Waals surface area contributed by atoms with Gasteiger partial charge in [-0.2, -0.15) is 10.1 Å². The van der Waals surface area contributed by atoms with Gasteiger partial charge < -0.3 is 14.8 Å². The lowest BCUT2D eigenvalue weighted by Gasteiger charge is -2.39. The van der Waals surface area contributed by atoms with Gasteiger partial charge in [0.15, 0.2) is 11.6 Å². The molecular weight excluding hydrogens is 736 g/mol. The van der Waals surface area contributed by atoms with Crippen molar-refractivity contribution < 1.29 is 9.18 Å². The molecule has 3 aromatic heterocycles. The molecule has 2 aliphatic carbocycles. The van der Waals surface area contributed by atoms with Crippen LogP contribution in [0.2, 0.25) is 10.0 Å². The van der Waals surface area contributed by atoms with E-state index in [0.29, 0.717) is 70.3 Å². The molecular formula is C42H38Cl2FN9O. The minimum absolute atomic E-state index is 0.0238. The first-order chi connectivity index (χ1) is 26.8. The Kier molecular flexibility index (Phi) is 8.43. The fraction of sp³-hybridized carbons (Fsp3) is 0.381. The molecule has 5 aliphatic rings. The third-order valence-electron chi connectivity index (χ3n) is 12.3. The number of aromatic nitrogens is 6. The lowest BCUT2D eigenvalue weighted by Crippen LogP contribution is -2.41. The number of fused-ring (bicyclic) bond motifs is 4. The minimum Gasteiger partial charge on any atom is -0.337 e. The van der Waals surface area contributed by atoms with Crippen LogP contribution in [0, 0.1) is 35.9 Å². The van der Waals surface area contributed by atoms with E-state index in [4.69, 9.17) is 33.3 Å². The second-order valence-electron chi connectivity index (χ2n) is 15.6. The largest absolute Gasteiger partial charge is 0.337 e. The smallest absolute Gasteiger partial charge is 0.226 e. The summed E-state index contributed by atoms with van der Waals surface area (Å²) in [5.74, 6) is 0.741. The van der Waals surface area contributed by atoms with Gasteiger partial charge in [0.05, 0.1) is 39.8 Å². The SMILES string of the molecule is Cc1nc2c(F)c(-c3cccc(Cl)c3Cl)c(CCC#N)cc2c2c1cc([C@H]1C[C@H](n3nnc(Cc4ccccc4)n3)CN1C(=O)C1CC1)n2[C@H]1[C@H]2CN[C@@H]1C2. The van der Waals surface area contributed by atoms with Crippen LogP contribution in [0.25, 0.3) is 32.9 Å². The van der Waals surface area contributed by atoms with Gasteiger partial charge in [-0.15, -0.1) is 10.2 Å². The molecule has 11 rings (SSSR count). The molecule has 10 nitrogen and oxygen atoms in total. The van der Waals surface area contributed by atoms with Crippen molar-refractivity contribution in [2.24, 2.45) is 11.8 Å². The first-order valence-corrected chi connectivity index (χ1v) is 19.9. The highest BCUT2D eigenvalue weighted by molar-refractivity contribution is 6.43. The van der Waals surface area contributed by atoms with E-state index in [0.717, 1.165) is 48.0 Å². The van der Waals surface area contributed by atoms with Gasteiger partial charge in [0.1, 0.15) is 5.52 Å². The maximum absolute atomic E-state index is 17.3. The molecule has 1 amide bonds. The molecule has 5 fully saturated rings. The number of nitrogens with zero attached hydrogens (tertiary/aromatic N) is 8. The first kappa shape index (κ1) is 34.6. The number of nitrogens with one attached hydrogen (secondary N) is 1. The molecule has 55 heavy (non-hydrogen) atoms. The maximum atomic E-state index is 17.3. The van der Waals surface area contributed by atoms with Crippen LogP contribution in [0.3, 0.4) is 0 Å². The molecule has 278 valence electrons. The Bertz CT molecular complexity index is 2550. The highest BCUT2D eigenvalue weighted by Crippen LogP contribution is 2.52. The lowest BCUT2D eigenvalue weighted by molar-refractivity contribution is -0.133. The van der Waals surface area contributed by atoms with Crippen LogP contribution in [-0.4, -0.2) is 59.7 Å². The van der Waals surface area contributed by atoms with Crippen molar-refractivity contribution in [1.82, 2.24) is 40.0 Å². The molecule has 3 aromatic carbocycles. The number of carbonyl (C=O) groups is 1. The maximum Gasteiger partial charge on any atom is 0.226 e. The highest BCUT2D eigenvalue weighted by Gasteiger charge is 2.51. The number of nitriles is 1. The quantitative estimate of drug-likeness (QED) is 0.158.